The molecule has 0 spiro atoms. The fourth-order valence-electron chi connectivity index (χ4n) is 5.05. The topological polar surface area (TPSA) is 37.9 Å². The minimum absolute atomic E-state index is 0.556. The van der Waals surface area contributed by atoms with Crippen LogP contribution in [-0.4, -0.2) is 9.97 Å². The smallest absolute Gasteiger partial charge is 0.219 e. The van der Waals surface area contributed by atoms with Gasteiger partial charge in [-0.15, -0.1) is 0 Å². The van der Waals surface area contributed by atoms with E-state index in [0.29, 0.717) is 5.88 Å². The van der Waals surface area contributed by atoms with Gasteiger partial charge in [0, 0.05) is 27.9 Å². The van der Waals surface area contributed by atoms with Crippen molar-refractivity contribution in [1.82, 2.24) is 9.97 Å². The second-order valence-electron chi connectivity index (χ2n) is 9.34. The lowest BCUT2D eigenvalue weighted by Crippen LogP contribution is -1.92. The number of nitrogens with one attached hydrogen (secondary N) is 1. The maximum atomic E-state index is 6.37. The zero-order chi connectivity index (χ0) is 25.3. The normalized spacial score (nSPS) is 11.2. The number of para-hydroxylation sites is 2. The lowest BCUT2D eigenvalue weighted by atomic mass is 9.95. The summed E-state index contributed by atoms with van der Waals surface area (Å²) in [5.41, 5.74) is 8.61. The van der Waals surface area contributed by atoms with Gasteiger partial charge in [-0.05, 0) is 58.7 Å². The predicted octanol–water partition coefficient (Wildman–Crippen LogP) is 9.51. The number of hydrogen-bond donors (Lipinski definition) is 1. The Bertz CT molecular complexity index is 1830. The summed E-state index contributed by atoms with van der Waals surface area (Å²) in [7, 11) is 0. The van der Waals surface area contributed by atoms with Crippen molar-refractivity contribution in [2.75, 3.05) is 0 Å². The van der Waals surface area contributed by atoms with Crippen LogP contribution in [0.5, 0.6) is 11.6 Å². The number of ether oxygens (including phenoxy) is 1. The third-order valence-corrected chi connectivity index (χ3v) is 6.88. The first-order chi connectivity index (χ1) is 18.8. The quantitative estimate of drug-likeness (QED) is 0.262. The van der Waals surface area contributed by atoms with E-state index in [0.717, 1.165) is 44.6 Å². The molecule has 0 fully saturated rings. The van der Waals surface area contributed by atoms with E-state index in [1.165, 1.54) is 16.5 Å². The van der Waals surface area contributed by atoms with Crippen LogP contribution in [0.15, 0.2) is 140 Å². The molecule has 3 heteroatoms. The minimum atomic E-state index is 0.556. The van der Waals surface area contributed by atoms with Gasteiger partial charge in [0.25, 0.3) is 0 Å². The van der Waals surface area contributed by atoms with Gasteiger partial charge >= 0.3 is 0 Å². The van der Waals surface area contributed by atoms with Gasteiger partial charge in [0.1, 0.15) is 0 Å². The Hall–Kier alpha value is -5.15. The molecule has 0 unspecified atom stereocenters. The van der Waals surface area contributed by atoms with Gasteiger partial charge in [0.2, 0.25) is 5.88 Å². The van der Waals surface area contributed by atoms with Gasteiger partial charge in [-0.2, -0.15) is 0 Å². The van der Waals surface area contributed by atoms with Crippen molar-refractivity contribution < 1.29 is 4.74 Å². The first kappa shape index (κ1) is 22.1. The average Bonchev–Trinajstić information content (AvgIpc) is 3.38. The Morgan fingerprint density at radius 2 is 1.08 bits per heavy atom. The van der Waals surface area contributed by atoms with Crippen LogP contribution in [0, 0.1) is 0 Å². The van der Waals surface area contributed by atoms with E-state index in [-0.39, 0.29) is 0 Å². The van der Waals surface area contributed by atoms with Gasteiger partial charge in [-0.3, -0.25) is 0 Å². The molecule has 0 amide bonds. The molecule has 0 saturated heterocycles. The van der Waals surface area contributed by atoms with Crippen molar-refractivity contribution in [3.05, 3.63) is 140 Å². The average molecular weight is 489 g/mol. The second kappa shape index (κ2) is 9.38. The highest BCUT2D eigenvalue weighted by Gasteiger charge is 2.12. The van der Waals surface area contributed by atoms with Gasteiger partial charge < -0.3 is 9.72 Å². The molecule has 3 nitrogen and oxygen atoms in total. The Kier molecular flexibility index (Phi) is 5.45. The highest BCUT2D eigenvalue weighted by molar-refractivity contribution is 6.09. The first-order valence-corrected chi connectivity index (χ1v) is 12.7. The standard InChI is InChI=1S/C35H24N2O/c1-3-11-24(12-4-1)26-21-27(25-13-5-2-6-14-25)23-28(22-26)31-18-10-20-34(36-31)38-33-19-9-16-30-29-15-7-8-17-32(29)37-35(30)33/h1-23,37H. The Balaban J connectivity index is 1.31. The molecule has 1 N–H and O–H groups in total. The molecule has 7 aromatic rings. The molecule has 0 aliphatic rings. The summed E-state index contributed by atoms with van der Waals surface area (Å²) < 4.78 is 6.37. The molecule has 38 heavy (non-hydrogen) atoms. The summed E-state index contributed by atoms with van der Waals surface area (Å²) in [6, 6.07) is 47.9. The largest absolute Gasteiger partial charge is 0.437 e. The fourth-order valence-corrected chi connectivity index (χ4v) is 5.05. The minimum Gasteiger partial charge on any atom is -0.437 e. The highest BCUT2D eigenvalue weighted by Crippen LogP contribution is 2.36. The molecule has 5 aromatic carbocycles. The SMILES string of the molecule is c1ccc(-c2cc(-c3ccccc3)cc(-c3cccc(Oc4cccc5c4[nH]c4ccccc45)n3)c2)cc1. The van der Waals surface area contributed by atoms with Gasteiger partial charge in [0.15, 0.2) is 5.75 Å². The highest BCUT2D eigenvalue weighted by atomic mass is 16.5. The van der Waals surface area contributed by atoms with Crippen molar-refractivity contribution in [2.24, 2.45) is 0 Å². The third-order valence-electron chi connectivity index (χ3n) is 6.88. The van der Waals surface area contributed by atoms with E-state index in [1.54, 1.807) is 0 Å². The van der Waals surface area contributed by atoms with Crippen LogP contribution in [0.4, 0.5) is 0 Å². The second-order valence-corrected chi connectivity index (χ2v) is 9.34. The maximum Gasteiger partial charge on any atom is 0.219 e. The molecule has 0 aliphatic carbocycles. The summed E-state index contributed by atoms with van der Waals surface area (Å²) >= 11 is 0. The molecule has 180 valence electrons. The molecular weight excluding hydrogens is 464 g/mol. The van der Waals surface area contributed by atoms with E-state index in [9.17, 15) is 0 Å². The molecule has 2 heterocycles. The van der Waals surface area contributed by atoms with E-state index >= 15 is 0 Å². The zero-order valence-corrected chi connectivity index (χ0v) is 20.6. The van der Waals surface area contributed by atoms with Crippen molar-refractivity contribution in [3.8, 4) is 45.1 Å². The summed E-state index contributed by atoms with van der Waals surface area (Å²) in [4.78, 5) is 8.44. The summed E-state index contributed by atoms with van der Waals surface area (Å²) in [6.45, 7) is 0. The molecule has 0 atom stereocenters. The van der Waals surface area contributed by atoms with Crippen LogP contribution in [0.1, 0.15) is 0 Å². The van der Waals surface area contributed by atoms with Crippen molar-refractivity contribution in [2.45, 2.75) is 0 Å². The van der Waals surface area contributed by atoms with Crippen LogP contribution in [0.3, 0.4) is 0 Å². The predicted molar refractivity (Wildman–Crippen MR) is 156 cm³/mol. The van der Waals surface area contributed by atoms with Crippen LogP contribution in [0.25, 0.3) is 55.3 Å². The molecule has 2 aromatic heterocycles. The van der Waals surface area contributed by atoms with Crippen LogP contribution in [-0.2, 0) is 0 Å². The van der Waals surface area contributed by atoms with Crippen molar-refractivity contribution in [1.29, 1.82) is 0 Å². The molecule has 7 rings (SSSR count). The Morgan fingerprint density at radius 3 is 1.82 bits per heavy atom. The maximum absolute atomic E-state index is 6.37. The summed E-state index contributed by atoms with van der Waals surface area (Å²) in [5, 5.41) is 2.32. The summed E-state index contributed by atoms with van der Waals surface area (Å²) in [5.74, 6) is 1.31. The third kappa shape index (κ3) is 4.10. The van der Waals surface area contributed by atoms with Crippen molar-refractivity contribution in [3.63, 3.8) is 0 Å². The summed E-state index contributed by atoms with van der Waals surface area (Å²) in [6.07, 6.45) is 0. The Morgan fingerprint density at radius 1 is 0.474 bits per heavy atom. The monoisotopic (exact) mass is 488 g/mol. The van der Waals surface area contributed by atoms with Gasteiger partial charge in [-0.25, -0.2) is 4.98 Å². The number of aromatic amines is 1. The first-order valence-electron chi connectivity index (χ1n) is 12.7. The number of benzene rings is 5. The number of hydrogen-bond acceptors (Lipinski definition) is 2. The lowest BCUT2D eigenvalue weighted by molar-refractivity contribution is 0.468. The van der Waals surface area contributed by atoms with Crippen LogP contribution in [0.2, 0.25) is 0 Å². The number of fused-ring (bicyclic) bond motifs is 3. The number of aromatic nitrogens is 2. The van der Waals surface area contributed by atoms with Crippen LogP contribution < -0.4 is 4.74 Å². The molecule has 0 saturated carbocycles. The van der Waals surface area contributed by atoms with Gasteiger partial charge in [0.05, 0.1) is 11.2 Å². The molecule has 0 radical (unpaired) electrons. The number of nitrogens with zero attached hydrogens (tertiary/aromatic N) is 1. The van der Waals surface area contributed by atoms with Crippen LogP contribution >= 0.6 is 0 Å². The Labute approximate surface area is 221 Å². The number of pyridine rings is 1. The van der Waals surface area contributed by atoms with E-state index < -0.39 is 0 Å². The zero-order valence-electron chi connectivity index (χ0n) is 20.6. The van der Waals surface area contributed by atoms with Gasteiger partial charge in [-0.1, -0.05) is 97.1 Å². The van der Waals surface area contributed by atoms with E-state index in [4.69, 9.17) is 9.72 Å². The number of H-pyrrole nitrogens is 1. The van der Waals surface area contributed by atoms with E-state index in [1.807, 2.05) is 48.5 Å². The molecule has 0 aliphatic heterocycles. The van der Waals surface area contributed by atoms with Crippen molar-refractivity contribution >= 4 is 21.8 Å². The lowest BCUT2D eigenvalue weighted by Gasteiger charge is -2.12. The molecular formula is C35H24N2O. The molecule has 0 bridgehead atoms. The fraction of sp³-hybridized carbons (Fsp3) is 0. The number of rotatable bonds is 5. The van der Waals surface area contributed by atoms with E-state index in [2.05, 4.69) is 96.0 Å².